The van der Waals surface area contributed by atoms with Crippen molar-refractivity contribution < 1.29 is 0 Å². The summed E-state index contributed by atoms with van der Waals surface area (Å²) in [5.41, 5.74) is 4.60. The van der Waals surface area contributed by atoms with Gasteiger partial charge in [-0.3, -0.25) is 0 Å². The van der Waals surface area contributed by atoms with Crippen molar-refractivity contribution in [2.24, 2.45) is 0 Å². The van der Waals surface area contributed by atoms with E-state index in [-0.39, 0.29) is 0 Å². The molecule has 1 rings (SSSR count). The zero-order valence-electron chi connectivity index (χ0n) is 9.77. The fourth-order valence-electron chi connectivity index (χ4n) is 2.07. The van der Waals surface area contributed by atoms with Gasteiger partial charge in [-0.2, -0.15) is 0 Å². The van der Waals surface area contributed by atoms with Gasteiger partial charge in [-0.05, 0) is 42.9 Å². The van der Waals surface area contributed by atoms with E-state index < -0.39 is 0 Å². The number of hydrogen-bond acceptors (Lipinski definition) is 0. The van der Waals surface area contributed by atoms with Gasteiger partial charge in [-0.15, -0.1) is 0 Å². The summed E-state index contributed by atoms with van der Waals surface area (Å²) in [6.07, 6.45) is 6.45. The maximum Gasteiger partial charge on any atom is -0.0276 e. The topological polar surface area (TPSA) is 0 Å². The van der Waals surface area contributed by atoms with Crippen LogP contribution in [0.25, 0.3) is 0 Å². The molecule has 0 aromatic heterocycles. The van der Waals surface area contributed by atoms with E-state index >= 15 is 0 Å². The third kappa shape index (κ3) is 2.87. The lowest BCUT2D eigenvalue weighted by Crippen LogP contribution is -1.96. The Morgan fingerprint density at radius 1 is 1.07 bits per heavy atom. The van der Waals surface area contributed by atoms with Gasteiger partial charge in [0, 0.05) is 0 Å². The minimum absolute atomic E-state index is 1.17. The summed E-state index contributed by atoms with van der Waals surface area (Å²) in [6.45, 7) is 6.74. The maximum absolute atomic E-state index is 2.29. The summed E-state index contributed by atoms with van der Waals surface area (Å²) in [6, 6.07) is 6.71. The Morgan fingerprint density at radius 2 is 1.86 bits per heavy atom. The fourth-order valence-corrected chi connectivity index (χ4v) is 2.07. The molecule has 0 heteroatoms. The second-order valence-corrected chi connectivity index (χ2v) is 4.02. The highest BCUT2D eigenvalue weighted by Crippen LogP contribution is 2.17. The molecule has 0 fully saturated rings. The van der Waals surface area contributed by atoms with Gasteiger partial charge in [-0.25, -0.2) is 0 Å². The molecule has 0 nitrogen and oxygen atoms in total. The van der Waals surface area contributed by atoms with Crippen molar-refractivity contribution in [3.8, 4) is 0 Å². The fraction of sp³-hybridized carbons (Fsp3) is 0.571. The van der Waals surface area contributed by atoms with Gasteiger partial charge in [0.2, 0.25) is 0 Å². The molecule has 0 N–H and O–H groups in total. The van der Waals surface area contributed by atoms with Crippen LogP contribution in [0.3, 0.4) is 0 Å². The molecule has 0 aliphatic carbocycles. The number of benzene rings is 1. The molecule has 0 aliphatic rings. The Bertz CT molecular complexity index is 273. The van der Waals surface area contributed by atoms with Crippen molar-refractivity contribution in [1.29, 1.82) is 0 Å². The summed E-state index contributed by atoms with van der Waals surface area (Å²) in [7, 11) is 0. The van der Waals surface area contributed by atoms with Gasteiger partial charge in [0.05, 0.1) is 0 Å². The van der Waals surface area contributed by atoms with Crippen LogP contribution in [0.4, 0.5) is 0 Å². The largest absolute Gasteiger partial charge is 0.0654 e. The number of rotatable bonds is 5. The first kappa shape index (κ1) is 11.3. The van der Waals surface area contributed by atoms with Crippen molar-refractivity contribution >= 4 is 0 Å². The summed E-state index contributed by atoms with van der Waals surface area (Å²) >= 11 is 0. The first-order chi connectivity index (χ1) is 6.79. The minimum Gasteiger partial charge on any atom is -0.0654 e. The molecule has 0 saturated carbocycles. The first-order valence-electron chi connectivity index (χ1n) is 5.87. The highest BCUT2D eigenvalue weighted by atomic mass is 14.1. The predicted molar refractivity (Wildman–Crippen MR) is 63.8 cm³/mol. The van der Waals surface area contributed by atoms with Crippen LogP contribution in [0.1, 0.15) is 49.8 Å². The van der Waals surface area contributed by atoms with Crippen molar-refractivity contribution in [2.75, 3.05) is 0 Å². The van der Waals surface area contributed by atoms with Crippen LogP contribution < -0.4 is 0 Å². The van der Waals surface area contributed by atoms with Crippen molar-refractivity contribution in [3.63, 3.8) is 0 Å². The molecule has 0 unspecified atom stereocenters. The van der Waals surface area contributed by atoms with E-state index in [4.69, 9.17) is 0 Å². The van der Waals surface area contributed by atoms with Crippen LogP contribution >= 0.6 is 0 Å². The molecule has 0 atom stereocenters. The van der Waals surface area contributed by atoms with E-state index in [9.17, 15) is 0 Å². The highest BCUT2D eigenvalue weighted by molar-refractivity contribution is 5.34. The molecule has 0 heterocycles. The molecule has 78 valence electrons. The van der Waals surface area contributed by atoms with E-state index in [0.29, 0.717) is 0 Å². The number of unbranched alkanes of at least 4 members (excludes halogenated alkanes) is 2. The number of hydrogen-bond donors (Lipinski definition) is 0. The Labute approximate surface area is 88.4 Å². The molecule has 1 aromatic rings. The SMILES string of the molecule is CCCCCc1cccc(C)c1CC. The maximum atomic E-state index is 2.29. The van der Waals surface area contributed by atoms with Crippen LogP contribution in [-0.2, 0) is 12.8 Å². The zero-order chi connectivity index (χ0) is 10.4. The lowest BCUT2D eigenvalue weighted by Gasteiger charge is -2.10. The second kappa shape index (κ2) is 5.85. The molecule has 1 aromatic carbocycles. The van der Waals surface area contributed by atoms with Crippen LogP contribution in [0.2, 0.25) is 0 Å². The summed E-state index contributed by atoms with van der Waals surface area (Å²) in [5, 5.41) is 0. The van der Waals surface area contributed by atoms with Gasteiger partial charge in [0.1, 0.15) is 0 Å². The summed E-state index contributed by atoms with van der Waals surface area (Å²) in [5.74, 6) is 0. The van der Waals surface area contributed by atoms with Crippen LogP contribution in [0, 0.1) is 6.92 Å². The zero-order valence-corrected chi connectivity index (χ0v) is 9.77. The van der Waals surface area contributed by atoms with Crippen LogP contribution in [0.5, 0.6) is 0 Å². The van der Waals surface area contributed by atoms with Gasteiger partial charge >= 0.3 is 0 Å². The monoisotopic (exact) mass is 190 g/mol. The van der Waals surface area contributed by atoms with Crippen molar-refractivity contribution in [1.82, 2.24) is 0 Å². The van der Waals surface area contributed by atoms with Crippen LogP contribution in [-0.4, -0.2) is 0 Å². The average Bonchev–Trinajstić information content (AvgIpc) is 2.18. The molecule has 0 bridgehead atoms. The molecular formula is C14H22. The van der Waals surface area contributed by atoms with E-state index in [1.807, 2.05) is 0 Å². The van der Waals surface area contributed by atoms with Crippen molar-refractivity contribution in [3.05, 3.63) is 34.9 Å². The Balaban J connectivity index is 2.70. The van der Waals surface area contributed by atoms with E-state index in [1.54, 1.807) is 11.1 Å². The van der Waals surface area contributed by atoms with E-state index in [2.05, 4.69) is 39.0 Å². The van der Waals surface area contributed by atoms with Gasteiger partial charge in [-0.1, -0.05) is 44.9 Å². The molecule has 0 radical (unpaired) electrons. The predicted octanol–water partition coefficient (Wildman–Crippen LogP) is 4.29. The second-order valence-electron chi connectivity index (χ2n) is 4.02. The average molecular weight is 190 g/mol. The third-order valence-corrected chi connectivity index (χ3v) is 2.91. The van der Waals surface area contributed by atoms with Crippen LogP contribution in [0.15, 0.2) is 18.2 Å². The molecule has 0 amide bonds. The van der Waals surface area contributed by atoms with Gasteiger partial charge in [0.25, 0.3) is 0 Å². The molecule has 0 spiro atoms. The molecule has 0 aliphatic heterocycles. The number of aryl methyl sites for hydroxylation is 2. The quantitative estimate of drug-likeness (QED) is 0.608. The first-order valence-corrected chi connectivity index (χ1v) is 5.87. The van der Waals surface area contributed by atoms with E-state index in [1.165, 1.54) is 37.7 Å². The Kier molecular flexibility index (Phi) is 4.72. The van der Waals surface area contributed by atoms with Crippen molar-refractivity contribution in [2.45, 2.75) is 52.9 Å². The van der Waals surface area contributed by atoms with Gasteiger partial charge < -0.3 is 0 Å². The standard InChI is InChI=1S/C14H22/c1-4-6-7-10-13-11-8-9-12(3)14(13)5-2/h8-9,11H,4-7,10H2,1-3H3. The lowest BCUT2D eigenvalue weighted by atomic mass is 9.96. The normalized spacial score (nSPS) is 10.5. The van der Waals surface area contributed by atoms with Gasteiger partial charge in [0.15, 0.2) is 0 Å². The Morgan fingerprint density at radius 3 is 2.50 bits per heavy atom. The lowest BCUT2D eigenvalue weighted by molar-refractivity contribution is 0.713. The summed E-state index contributed by atoms with van der Waals surface area (Å²) in [4.78, 5) is 0. The molecular weight excluding hydrogens is 168 g/mol. The molecule has 0 saturated heterocycles. The Hall–Kier alpha value is -0.780. The summed E-state index contributed by atoms with van der Waals surface area (Å²) < 4.78 is 0. The van der Waals surface area contributed by atoms with E-state index in [0.717, 1.165) is 0 Å². The highest BCUT2D eigenvalue weighted by Gasteiger charge is 2.02. The minimum atomic E-state index is 1.17. The smallest absolute Gasteiger partial charge is 0.0276 e. The molecule has 14 heavy (non-hydrogen) atoms. The third-order valence-electron chi connectivity index (χ3n) is 2.91.